The van der Waals surface area contributed by atoms with E-state index in [0.717, 1.165) is 35.5 Å². The molecule has 0 saturated heterocycles. The molecule has 1 aliphatic rings. The van der Waals surface area contributed by atoms with Gasteiger partial charge in [-0.15, -0.1) is 0 Å². The van der Waals surface area contributed by atoms with Crippen LogP contribution in [-0.4, -0.2) is 36.3 Å². The molecule has 1 N–H and O–H groups in total. The van der Waals surface area contributed by atoms with Crippen LogP contribution >= 0.6 is 0 Å². The van der Waals surface area contributed by atoms with Crippen LogP contribution in [0.1, 0.15) is 24.0 Å². The van der Waals surface area contributed by atoms with E-state index >= 15 is 0 Å². The number of carbonyl (C=O) groups is 1. The molecule has 0 radical (unpaired) electrons. The number of hydrogen-bond donors (Lipinski definition) is 1. The van der Waals surface area contributed by atoms with Crippen LogP contribution in [-0.2, 0) is 24.3 Å². The first-order valence-electron chi connectivity index (χ1n) is 12.3. The van der Waals surface area contributed by atoms with Gasteiger partial charge in [-0.25, -0.2) is 4.98 Å². The third-order valence-corrected chi connectivity index (χ3v) is 6.60. The van der Waals surface area contributed by atoms with Crippen molar-refractivity contribution in [2.45, 2.75) is 32.4 Å². The number of rotatable bonds is 9. The van der Waals surface area contributed by atoms with E-state index in [1.54, 1.807) is 12.1 Å². The molecule has 3 aromatic carbocycles. The predicted molar refractivity (Wildman–Crippen MR) is 141 cm³/mol. The van der Waals surface area contributed by atoms with E-state index in [0.29, 0.717) is 48.3 Å². The number of ether oxygens (including phenoxy) is 3. The van der Waals surface area contributed by atoms with E-state index in [1.165, 1.54) is 30.7 Å². The predicted octanol–water partition coefficient (Wildman–Crippen LogP) is 4.11. The Hall–Kier alpha value is -4.33. The summed E-state index contributed by atoms with van der Waals surface area (Å²) in [5.41, 5.74) is 4.93. The molecule has 2 heterocycles. The van der Waals surface area contributed by atoms with E-state index in [2.05, 4.69) is 34.6 Å². The minimum Gasteiger partial charge on any atom is -0.493 e. The van der Waals surface area contributed by atoms with Crippen molar-refractivity contribution >= 4 is 16.8 Å². The molecule has 37 heavy (non-hydrogen) atoms. The average molecular weight is 500 g/mol. The van der Waals surface area contributed by atoms with Crippen molar-refractivity contribution in [1.29, 1.82) is 0 Å². The van der Waals surface area contributed by atoms with Gasteiger partial charge in [-0.1, -0.05) is 30.3 Å². The minimum absolute atomic E-state index is 0.0594. The molecule has 0 unspecified atom stereocenters. The molecular weight excluding hydrogens is 470 g/mol. The summed E-state index contributed by atoms with van der Waals surface area (Å²) in [5, 5.41) is 3.41. The summed E-state index contributed by atoms with van der Waals surface area (Å²) in [7, 11) is 3.06. The third-order valence-electron chi connectivity index (χ3n) is 6.60. The smallest absolute Gasteiger partial charge is 0.261 e. The number of nitrogens with zero attached hydrogens (tertiary/aromatic N) is 2. The van der Waals surface area contributed by atoms with Crippen LogP contribution in [0.4, 0.5) is 0 Å². The molecular formula is C29H29N3O5. The minimum atomic E-state index is -0.178. The highest BCUT2D eigenvalue weighted by atomic mass is 16.5. The van der Waals surface area contributed by atoms with E-state index in [9.17, 15) is 9.59 Å². The molecule has 190 valence electrons. The Morgan fingerprint density at radius 1 is 1.03 bits per heavy atom. The normalized spacial score (nSPS) is 12.2. The first-order chi connectivity index (χ1) is 18.1. The van der Waals surface area contributed by atoms with Gasteiger partial charge in [0.15, 0.2) is 11.5 Å². The van der Waals surface area contributed by atoms with Gasteiger partial charge in [0.25, 0.3) is 5.56 Å². The van der Waals surface area contributed by atoms with Crippen LogP contribution in [0.15, 0.2) is 65.7 Å². The lowest BCUT2D eigenvalue weighted by molar-refractivity contribution is -0.121. The van der Waals surface area contributed by atoms with Gasteiger partial charge < -0.3 is 19.5 Å². The fourth-order valence-corrected chi connectivity index (χ4v) is 4.52. The number of aryl methyl sites for hydroxylation is 1. The largest absolute Gasteiger partial charge is 0.493 e. The quantitative estimate of drug-likeness (QED) is 0.373. The Kier molecular flexibility index (Phi) is 7.07. The molecule has 5 rings (SSSR count). The summed E-state index contributed by atoms with van der Waals surface area (Å²) in [4.78, 5) is 29.7. The second-order valence-electron chi connectivity index (χ2n) is 8.97. The zero-order chi connectivity index (χ0) is 25.8. The maximum Gasteiger partial charge on any atom is 0.261 e. The lowest BCUT2D eigenvalue weighted by Crippen LogP contribution is -2.24. The van der Waals surface area contributed by atoms with Crippen molar-refractivity contribution in [2.24, 2.45) is 0 Å². The molecule has 1 amide bonds. The van der Waals surface area contributed by atoms with Crippen molar-refractivity contribution in [1.82, 2.24) is 14.9 Å². The first kappa shape index (κ1) is 24.4. The van der Waals surface area contributed by atoms with Gasteiger partial charge in [0.1, 0.15) is 5.75 Å². The van der Waals surface area contributed by atoms with Crippen molar-refractivity contribution in [3.63, 3.8) is 0 Å². The molecule has 4 aromatic rings. The number of nitrogens with one attached hydrogen (secondary N) is 1. The third kappa shape index (κ3) is 5.28. The second kappa shape index (κ2) is 10.7. The van der Waals surface area contributed by atoms with Crippen LogP contribution in [0.5, 0.6) is 17.2 Å². The highest BCUT2D eigenvalue weighted by Gasteiger charge is 2.13. The number of hydrogen-bond acceptors (Lipinski definition) is 6. The molecule has 0 bridgehead atoms. The number of fused-ring (bicyclic) bond motifs is 2. The summed E-state index contributed by atoms with van der Waals surface area (Å²) < 4.78 is 17.7. The van der Waals surface area contributed by atoms with Gasteiger partial charge in [0, 0.05) is 32.0 Å². The summed E-state index contributed by atoms with van der Waals surface area (Å²) in [5.74, 6) is 1.91. The lowest BCUT2D eigenvalue weighted by atomic mass is 10.0. The second-order valence-corrected chi connectivity index (χ2v) is 8.97. The standard InChI is InChI=1S/C29H29N3O5/c1-35-26-15-23-24(16-27(26)36-2)31-18-32(29(23)34)12-3-4-28(33)30-17-19-5-7-20(8-6-19)21-9-10-25-22(14-21)11-13-37-25/h5-10,14-16,18H,3-4,11-13,17H2,1-2H3,(H,30,33). The average Bonchev–Trinajstić information content (AvgIpc) is 3.41. The number of amides is 1. The van der Waals surface area contributed by atoms with Crippen LogP contribution in [0, 0.1) is 0 Å². The lowest BCUT2D eigenvalue weighted by Gasteiger charge is -2.11. The highest BCUT2D eigenvalue weighted by molar-refractivity contribution is 5.81. The van der Waals surface area contributed by atoms with Crippen molar-refractivity contribution in [3.05, 3.63) is 82.4 Å². The fourth-order valence-electron chi connectivity index (χ4n) is 4.52. The van der Waals surface area contributed by atoms with Gasteiger partial charge in [-0.2, -0.15) is 0 Å². The number of benzene rings is 3. The maximum absolute atomic E-state index is 12.9. The Balaban J connectivity index is 1.13. The van der Waals surface area contributed by atoms with Crippen LogP contribution < -0.4 is 25.1 Å². The summed E-state index contributed by atoms with van der Waals surface area (Å²) in [6.07, 6.45) is 3.28. The first-order valence-corrected chi connectivity index (χ1v) is 12.3. The molecule has 8 heteroatoms. The van der Waals surface area contributed by atoms with Crippen LogP contribution in [0.25, 0.3) is 22.0 Å². The van der Waals surface area contributed by atoms with Gasteiger partial charge in [-0.05, 0) is 46.9 Å². The summed E-state index contributed by atoms with van der Waals surface area (Å²) >= 11 is 0. The molecule has 0 saturated carbocycles. The van der Waals surface area contributed by atoms with E-state index in [-0.39, 0.29) is 11.5 Å². The Morgan fingerprint density at radius 2 is 1.78 bits per heavy atom. The molecule has 1 aliphatic heterocycles. The van der Waals surface area contributed by atoms with E-state index in [1.807, 2.05) is 18.2 Å². The molecule has 1 aromatic heterocycles. The van der Waals surface area contributed by atoms with E-state index in [4.69, 9.17) is 14.2 Å². The van der Waals surface area contributed by atoms with Gasteiger partial charge in [0.05, 0.1) is 38.1 Å². The van der Waals surface area contributed by atoms with Crippen LogP contribution in [0.3, 0.4) is 0 Å². The number of carbonyl (C=O) groups excluding carboxylic acids is 1. The summed E-state index contributed by atoms with van der Waals surface area (Å²) in [6.45, 7) is 1.60. The SMILES string of the molecule is COc1cc2ncn(CCCC(=O)NCc3ccc(-c4ccc5c(c4)CCO5)cc3)c(=O)c2cc1OC. The monoisotopic (exact) mass is 499 g/mol. The maximum atomic E-state index is 12.9. The van der Waals surface area contributed by atoms with E-state index < -0.39 is 0 Å². The molecule has 0 fully saturated rings. The summed E-state index contributed by atoms with van der Waals surface area (Å²) in [6, 6.07) is 17.8. The highest BCUT2D eigenvalue weighted by Crippen LogP contribution is 2.31. The molecule has 0 spiro atoms. The zero-order valence-electron chi connectivity index (χ0n) is 21.0. The Labute approximate surface area is 214 Å². The molecule has 0 aliphatic carbocycles. The topological polar surface area (TPSA) is 91.7 Å². The van der Waals surface area contributed by atoms with Crippen molar-refractivity contribution in [3.8, 4) is 28.4 Å². The Bertz CT molecular complexity index is 1490. The van der Waals surface area contributed by atoms with Gasteiger partial charge in [0.2, 0.25) is 5.91 Å². The fraction of sp³-hybridized carbons (Fsp3) is 0.276. The number of aromatic nitrogens is 2. The van der Waals surface area contributed by atoms with Gasteiger partial charge >= 0.3 is 0 Å². The molecule has 8 nitrogen and oxygen atoms in total. The van der Waals surface area contributed by atoms with Crippen molar-refractivity contribution in [2.75, 3.05) is 20.8 Å². The van der Waals surface area contributed by atoms with Gasteiger partial charge in [-0.3, -0.25) is 14.2 Å². The number of methoxy groups -OCH3 is 2. The Morgan fingerprint density at radius 3 is 2.57 bits per heavy atom. The van der Waals surface area contributed by atoms with Crippen molar-refractivity contribution < 1.29 is 19.0 Å². The molecule has 0 atom stereocenters. The van der Waals surface area contributed by atoms with Crippen LogP contribution in [0.2, 0.25) is 0 Å². The zero-order valence-corrected chi connectivity index (χ0v) is 21.0.